The van der Waals surface area contributed by atoms with E-state index in [-0.39, 0.29) is 105 Å². The molecule has 6 fully saturated rings. The third kappa shape index (κ3) is 19.6. The summed E-state index contributed by atoms with van der Waals surface area (Å²) in [5.41, 5.74) is 3.65. The number of ether oxygens (including phenoxy) is 4. The minimum absolute atomic E-state index is 0.00451. The largest absolute Gasteiger partial charge is 0.383 e. The first-order valence-corrected chi connectivity index (χ1v) is 41.9. The number of likely N-dealkylation sites (tertiary alicyclic amines) is 4. The lowest BCUT2D eigenvalue weighted by Crippen LogP contribution is -2.55. The number of para-hydroxylation sites is 3. The quantitative estimate of drug-likeness (QED) is 0.0235. The summed E-state index contributed by atoms with van der Waals surface area (Å²) in [6.07, 6.45) is 17.3. The van der Waals surface area contributed by atoms with Crippen molar-refractivity contribution in [1.29, 1.82) is 0 Å². The van der Waals surface area contributed by atoms with E-state index in [1.165, 1.54) is 36.8 Å². The van der Waals surface area contributed by atoms with Crippen LogP contribution in [0.3, 0.4) is 0 Å². The molecule has 0 radical (unpaired) electrons. The molecule has 6 saturated heterocycles. The van der Waals surface area contributed by atoms with Gasteiger partial charge in [0.25, 0.3) is 0 Å². The van der Waals surface area contributed by atoms with Crippen LogP contribution in [0.25, 0.3) is 50.8 Å². The van der Waals surface area contributed by atoms with Gasteiger partial charge in [-0.2, -0.15) is 15.3 Å². The molecule has 666 valence electrons. The zero-order valence-electron chi connectivity index (χ0n) is 71.3. The number of pyridine rings is 1. The predicted molar refractivity (Wildman–Crippen MR) is 463 cm³/mol. The second kappa shape index (κ2) is 38.3. The van der Waals surface area contributed by atoms with Crippen LogP contribution < -0.4 is 37.2 Å². The Hall–Kier alpha value is -12.5. The summed E-state index contributed by atoms with van der Waals surface area (Å²) in [6, 6.07) is 33.5. The van der Waals surface area contributed by atoms with Crippen molar-refractivity contribution in [3.05, 3.63) is 241 Å². The molecule has 3 aromatic carbocycles. The SMILES string of the molecule is COCCN1C[C@@H](n2ccc(F)c2)[C@H](NC(=O)Nc2c(C)c(-c3ccc(C4(F)COC4)nc3)nn2-c2ccccc2)C1.COCCN1C[C@@H](n2ccc(F)c2)[C@H](NC(=O)Nc2c(C)c(-c3cnc(C4(F)CN(C)C4)nc3)nn2-c2ccccc2)C1.COCCN1C[C@@H](n2ccc(F)c2)[C@H](NC(=O)Nc2c(C)c(-c3cnc(C4(F)CNC4)nc3)nn2-c2ccccc2)C1. The molecule has 0 aliphatic carbocycles. The van der Waals surface area contributed by atoms with Crippen molar-refractivity contribution < 1.29 is 59.7 Å². The monoisotopic (exact) mass is 1750 g/mol. The molecule has 6 aliphatic heterocycles. The van der Waals surface area contributed by atoms with Crippen LogP contribution in [0.2, 0.25) is 0 Å². The van der Waals surface area contributed by atoms with Gasteiger partial charge < -0.3 is 53.9 Å². The van der Waals surface area contributed by atoms with E-state index < -0.39 is 35.1 Å². The molecule has 6 atom stereocenters. The summed E-state index contributed by atoms with van der Waals surface area (Å²) in [5, 5.41) is 35.6. The number of methoxy groups -OCH3 is 3. The fraction of sp³-hybridized carbons (Fsp3) is 0.382. The third-order valence-corrected chi connectivity index (χ3v) is 23.8. The topological polar surface area (TPSA) is 318 Å². The Balaban J connectivity index is 0.000000140. The number of nitrogens with zero attached hydrogens (tertiary/aromatic N) is 18. The highest BCUT2D eigenvalue weighted by Crippen LogP contribution is 2.40. The minimum Gasteiger partial charge on any atom is -0.383 e. The van der Waals surface area contributed by atoms with Crippen LogP contribution in [0.5, 0.6) is 0 Å². The Morgan fingerprint density at radius 1 is 0.441 bits per heavy atom. The molecule has 9 aromatic heterocycles. The number of likely N-dealkylation sites (N-methyl/N-ethyl adjacent to an activating group) is 1. The molecule has 0 saturated carbocycles. The second-order valence-electron chi connectivity index (χ2n) is 32.8. The predicted octanol–water partition coefficient (Wildman–Crippen LogP) is 10.5. The maximum Gasteiger partial charge on any atom is 0.320 e. The molecule has 127 heavy (non-hydrogen) atoms. The number of halogens is 6. The number of alkyl halides is 3. The lowest BCUT2D eigenvalue weighted by atomic mass is 9.96. The molecule has 32 nitrogen and oxygen atoms in total. The highest BCUT2D eigenvalue weighted by Gasteiger charge is 2.47. The van der Waals surface area contributed by atoms with Crippen LogP contribution in [0.15, 0.2) is 189 Å². The van der Waals surface area contributed by atoms with Crippen molar-refractivity contribution in [2.45, 2.75) is 74.0 Å². The minimum atomic E-state index is -1.56. The van der Waals surface area contributed by atoms with Gasteiger partial charge in [-0.05, 0) is 94.5 Å². The van der Waals surface area contributed by atoms with Crippen LogP contribution in [0, 0.1) is 38.2 Å². The van der Waals surface area contributed by atoms with Crippen molar-refractivity contribution in [1.82, 2.24) is 109 Å². The number of rotatable bonds is 27. The number of aromatic nitrogens is 14. The average Bonchev–Trinajstić information content (AvgIpc) is 1.58. The molecule has 6 aliphatic rings. The number of benzene rings is 3. The van der Waals surface area contributed by atoms with Gasteiger partial charge in [0.15, 0.2) is 28.7 Å². The van der Waals surface area contributed by atoms with Gasteiger partial charge in [-0.15, -0.1) is 0 Å². The van der Waals surface area contributed by atoms with Gasteiger partial charge >= 0.3 is 18.1 Å². The van der Waals surface area contributed by atoms with Crippen LogP contribution in [0.1, 0.15) is 52.2 Å². The lowest BCUT2D eigenvalue weighted by molar-refractivity contribution is -0.137. The summed E-state index contributed by atoms with van der Waals surface area (Å²) in [7, 11) is 6.79. The number of hydrogen-bond acceptors (Lipinski definition) is 20. The maximum atomic E-state index is 15.1. The van der Waals surface area contributed by atoms with E-state index >= 15 is 4.39 Å². The first kappa shape index (κ1) is 87.9. The van der Waals surface area contributed by atoms with Crippen molar-refractivity contribution in [2.75, 3.05) is 162 Å². The number of nitrogens with one attached hydrogen (secondary N) is 7. The molecule has 0 spiro atoms. The molecule has 12 aromatic rings. The number of carbonyl (C=O) groups excluding carboxylic acids is 3. The van der Waals surface area contributed by atoms with E-state index in [1.54, 1.807) is 111 Å². The average molecular weight is 1750 g/mol. The van der Waals surface area contributed by atoms with E-state index in [0.717, 1.165) is 22.6 Å². The molecule has 7 N–H and O–H groups in total. The molecule has 0 bridgehead atoms. The summed E-state index contributed by atoms with van der Waals surface area (Å²) in [6.45, 7) is 13.9. The smallest absolute Gasteiger partial charge is 0.320 e. The van der Waals surface area contributed by atoms with Crippen LogP contribution in [-0.4, -0.2) is 270 Å². The summed E-state index contributed by atoms with van der Waals surface area (Å²) in [4.78, 5) is 70.5. The van der Waals surface area contributed by atoms with E-state index in [2.05, 4.69) is 76.8 Å². The molecule has 0 unspecified atom stereocenters. The molecular weight excluding hydrogens is 1650 g/mol. The lowest BCUT2D eigenvalue weighted by Gasteiger charge is -2.40. The van der Waals surface area contributed by atoms with Gasteiger partial charge in [0, 0.05) is 208 Å². The zero-order chi connectivity index (χ0) is 88.7. The van der Waals surface area contributed by atoms with Gasteiger partial charge in [0.1, 0.15) is 46.3 Å². The summed E-state index contributed by atoms with van der Waals surface area (Å²) >= 11 is 0. The molecular formula is C89H101F6N25O7. The van der Waals surface area contributed by atoms with Crippen molar-refractivity contribution in [3.8, 4) is 50.8 Å². The van der Waals surface area contributed by atoms with Gasteiger partial charge in [0.2, 0.25) is 0 Å². The Bertz CT molecular complexity index is 5520. The van der Waals surface area contributed by atoms with Gasteiger partial charge in [0.05, 0.1) is 97.7 Å². The number of anilines is 3. The van der Waals surface area contributed by atoms with E-state index in [9.17, 15) is 36.3 Å². The Kier molecular flexibility index (Phi) is 26.5. The fourth-order valence-electron chi connectivity index (χ4n) is 16.9. The number of urea groups is 3. The first-order valence-electron chi connectivity index (χ1n) is 41.9. The summed E-state index contributed by atoms with van der Waals surface area (Å²) in [5.74, 6) is 0.748. The van der Waals surface area contributed by atoms with Gasteiger partial charge in [-0.3, -0.25) is 40.5 Å². The van der Waals surface area contributed by atoms with Crippen LogP contribution in [0.4, 0.5) is 58.2 Å². The van der Waals surface area contributed by atoms with E-state index in [1.807, 2.05) is 124 Å². The van der Waals surface area contributed by atoms with Crippen molar-refractivity contribution >= 4 is 35.5 Å². The zero-order valence-corrected chi connectivity index (χ0v) is 71.3. The molecule has 38 heteroatoms. The van der Waals surface area contributed by atoms with Gasteiger partial charge in [-0.25, -0.2) is 74.7 Å². The van der Waals surface area contributed by atoms with E-state index in [4.69, 9.17) is 34.2 Å². The number of amides is 6. The molecule has 18 rings (SSSR count). The highest BCUT2D eigenvalue weighted by atomic mass is 19.2. The normalized spacial score (nSPS) is 20.0. The second-order valence-corrected chi connectivity index (χ2v) is 32.8. The standard InChI is InChI=1S/C30H35F2N9O2.C30H33F2N7O3.C29H33F2N9O2/c1-20-26(21-13-33-28(34-14-21)30(32)18-38(2)19-30)37-41(23-7-5-4-6-8-23)27(20)36-29(42)35-24-16-39(11-12-43-3)17-25(24)40-10-9-22(31)15-40;1-20-27(21-8-9-26(33-14-21)30(32)18-42-19-30)36-39(23-6-4-3-5-7-23)28(20)35-29(40)34-24-16-37(12-13-41-2)17-25(24)38-11-10-22(31)15-38;1-19-25(20-12-33-27(34-13-20)29(31)17-32-18-29)37-40(22-6-4-3-5-7-22)26(19)36-28(41)35-23-15-38(10-11-42-2)16-24(23)39-9-8-21(30)14-39/h4-10,13-15,24-25H,11-12,16-19H2,1-3H3,(H2,35,36,42);3-11,14-15,24-25H,12-13,16-19H2,1-2H3,(H2,34,35,40);3-9,12-14,23-24,32H,10-11,15-18H2,1-2H3,(H2,35,36,41)/t2*24-,25-;23-,24-/m111/s1. The van der Waals surface area contributed by atoms with Gasteiger partial charge in [-0.1, -0.05) is 54.6 Å². The third-order valence-electron chi connectivity index (χ3n) is 23.8. The first-order chi connectivity index (χ1) is 61.4. The number of carbonyl (C=O) groups is 3. The summed E-state index contributed by atoms with van der Waals surface area (Å²) < 4.78 is 117. The van der Waals surface area contributed by atoms with Crippen LogP contribution >= 0.6 is 0 Å². The van der Waals surface area contributed by atoms with Crippen molar-refractivity contribution in [2.24, 2.45) is 0 Å². The Morgan fingerprint density at radius 2 is 0.780 bits per heavy atom. The Labute approximate surface area is 729 Å². The fourth-order valence-corrected chi connectivity index (χ4v) is 16.9. The Morgan fingerprint density at radius 3 is 1.06 bits per heavy atom. The van der Waals surface area contributed by atoms with Crippen molar-refractivity contribution in [3.63, 3.8) is 0 Å². The molecule has 6 amide bonds. The highest BCUT2D eigenvalue weighted by molar-refractivity contribution is 5.93. The molecule has 15 heterocycles. The van der Waals surface area contributed by atoms with Crippen LogP contribution in [-0.2, 0) is 36.0 Å². The maximum absolute atomic E-state index is 15.1. The van der Waals surface area contributed by atoms with E-state index in [0.29, 0.717) is 147 Å². The number of hydrogen-bond donors (Lipinski definition) is 7.